The third kappa shape index (κ3) is 5.57. The van der Waals surface area contributed by atoms with Crippen molar-refractivity contribution in [2.24, 2.45) is 0 Å². The van der Waals surface area contributed by atoms with E-state index in [1.807, 2.05) is 0 Å². The molecule has 0 aliphatic heterocycles. The Bertz CT molecular complexity index is 829. The van der Waals surface area contributed by atoms with Crippen LogP contribution in [-0.4, -0.2) is 29.7 Å². The fourth-order valence-corrected chi connectivity index (χ4v) is 2.29. The Kier molecular flexibility index (Phi) is 6.70. The lowest BCUT2D eigenvalue weighted by Crippen LogP contribution is -2.37. The summed E-state index contributed by atoms with van der Waals surface area (Å²) in [4.78, 5) is 22.1. The third-order valence-corrected chi connectivity index (χ3v) is 3.61. The second-order valence-electron chi connectivity index (χ2n) is 4.89. The summed E-state index contributed by atoms with van der Waals surface area (Å²) in [6, 6.07) is 10.8. The molecule has 1 amide bonds. The highest BCUT2D eigenvalue weighted by molar-refractivity contribution is 7.80. The van der Waals surface area contributed by atoms with Gasteiger partial charge in [-0.05, 0) is 48.6 Å². The SMILES string of the molecule is COc1ccc(OCC(=O)NC(=S)Nc2ccc(Cl)c([N+](=O)[O-])c2)cc1. The lowest BCUT2D eigenvalue weighted by atomic mass is 10.3. The highest BCUT2D eigenvalue weighted by Gasteiger charge is 2.14. The maximum Gasteiger partial charge on any atom is 0.289 e. The van der Waals surface area contributed by atoms with Crippen molar-refractivity contribution in [3.8, 4) is 11.5 Å². The molecule has 8 nitrogen and oxygen atoms in total. The number of halogens is 1. The van der Waals surface area contributed by atoms with Gasteiger partial charge in [0.2, 0.25) is 0 Å². The second-order valence-corrected chi connectivity index (χ2v) is 5.71. The molecule has 2 aromatic rings. The van der Waals surface area contributed by atoms with E-state index in [9.17, 15) is 14.9 Å². The van der Waals surface area contributed by atoms with E-state index < -0.39 is 10.8 Å². The van der Waals surface area contributed by atoms with Crippen LogP contribution in [0.1, 0.15) is 0 Å². The van der Waals surface area contributed by atoms with Gasteiger partial charge in [0.1, 0.15) is 16.5 Å². The molecule has 10 heteroatoms. The number of thiocarbonyl (C=S) groups is 1. The first kappa shape index (κ1) is 19.4. The normalized spacial score (nSPS) is 9.92. The fraction of sp³-hybridized carbons (Fsp3) is 0.125. The number of nitrogens with one attached hydrogen (secondary N) is 2. The molecule has 0 radical (unpaired) electrons. The molecule has 0 heterocycles. The van der Waals surface area contributed by atoms with E-state index in [2.05, 4.69) is 10.6 Å². The number of rotatable bonds is 6. The van der Waals surface area contributed by atoms with Crippen molar-refractivity contribution in [3.05, 3.63) is 57.6 Å². The average Bonchev–Trinajstić information content (AvgIpc) is 2.61. The molecule has 0 aromatic heterocycles. The molecular weight excluding hydrogens is 382 g/mol. The standard InChI is InChI=1S/C16H14ClN3O5S/c1-24-11-3-5-12(6-4-11)25-9-15(21)19-16(26)18-10-2-7-13(17)14(8-10)20(22)23/h2-8H,9H2,1H3,(H2,18,19,21,26). The van der Waals surface area contributed by atoms with Crippen LogP contribution >= 0.6 is 23.8 Å². The minimum atomic E-state index is -0.613. The topological polar surface area (TPSA) is 103 Å². The quantitative estimate of drug-likeness (QED) is 0.440. The van der Waals surface area contributed by atoms with Crippen molar-refractivity contribution < 1.29 is 19.2 Å². The maximum atomic E-state index is 11.9. The molecule has 0 unspecified atom stereocenters. The van der Waals surface area contributed by atoms with Gasteiger partial charge in [-0.2, -0.15) is 0 Å². The van der Waals surface area contributed by atoms with Gasteiger partial charge >= 0.3 is 0 Å². The van der Waals surface area contributed by atoms with Crippen LogP contribution < -0.4 is 20.1 Å². The Balaban J connectivity index is 1.86. The molecule has 2 aromatic carbocycles. The first-order valence-corrected chi connectivity index (χ1v) is 7.99. The summed E-state index contributed by atoms with van der Waals surface area (Å²) in [5.41, 5.74) is 0.0519. The van der Waals surface area contributed by atoms with E-state index in [1.165, 1.54) is 18.2 Å². The number of methoxy groups -OCH3 is 1. The van der Waals surface area contributed by atoms with E-state index in [4.69, 9.17) is 33.3 Å². The first-order chi connectivity index (χ1) is 12.4. The van der Waals surface area contributed by atoms with Gasteiger partial charge in [-0.3, -0.25) is 20.2 Å². The van der Waals surface area contributed by atoms with Crippen molar-refractivity contribution >= 4 is 46.2 Å². The number of nitro groups is 1. The number of carbonyl (C=O) groups is 1. The zero-order valence-electron chi connectivity index (χ0n) is 13.5. The van der Waals surface area contributed by atoms with Crippen LogP contribution in [0.2, 0.25) is 5.02 Å². The molecule has 0 atom stereocenters. The van der Waals surface area contributed by atoms with E-state index in [1.54, 1.807) is 31.4 Å². The Labute approximate surface area is 159 Å². The van der Waals surface area contributed by atoms with Crippen LogP contribution in [-0.2, 0) is 4.79 Å². The van der Waals surface area contributed by atoms with Crippen LogP contribution in [0.15, 0.2) is 42.5 Å². The molecule has 26 heavy (non-hydrogen) atoms. The smallest absolute Gasteiger partial charge is 0.289 e. The van der Waals surface area contributed by atoms with Gasteiger partial charge in [0, 0.05) is 11.8 Å². The van der Waals surface area contributed by atoms with E-state index in [0.717, 1.165) is 0 Å². The minimum absolute atomic E-state index is 0.00314. The molecule has 0 aliphatic carbocycles. The van der Waals surface area contributed by atoms with Gasteiger partial charge in [-0.25, -0.2) is 0 Å². The van der Waals surface area contributed by atoms with Crippen LogP contribution in [0.5, 0.6) is 11.5 Å². The summed E-state index contributed by atoms with van der Waals surface area (Å²) in [5.74, 6) is 0.680. The van der Waals surface area contributed by atoms with Gasteiger partial charge in [0.15, 0.2) is 11.7 Å². The van der Waals surface area contributed by atoms with Gasteiger partial charge in [-0.1, -0.05) is 11.6 Å². The van der Waals surface area contributed by atoms with Crippen LogP contribution in [0.3, 0.4) is 0 Å². The Morgan fingerprint density at radius 1 is 1.23 bits per heavy atom. The number of nitrogens with zero attached hydrogens (tertiary/aromatic N) is 1. The Morgan fingerprint density at radius 2 is 1.88 bits per heavy atom. The summed E-state index contributed by atoms with van der Waals surface area (Å²) in [6.07, 6.45) is 0. The molecule has 0 bridgehead atoms. The number of hydrogen-bond acceptors (Lipinski definition) is 6. The number of benzene rings is 2. The highest BCUT2D eigenvalue weighted by atomic mass is 35.5. The number of amides is 1. The minimum Gasteiger partial charge on any atom is -0.497 e. The fourth-order valence-electron chi connectivity index (χ4n) is 1.88. The van der Waals surface area contributed by atoms with Crippen LogP contribution in [0.4, 0.5) is 11.4 Å². The summed E-state index contributed by atoms with van der Waals surface area (Å²) in [6.45, 7) is -0.255. The van der Waals surface area contributed by atoms with Crippen LogP contribution in [0, 0.1) is 10.1 Å². The van der Waals surface area contributed by atoms with Gasteiger partial charge in [-0.15, -0.1) is 0 Å². The average molecular weight is 396 g/mol. The molecule has 0 aliphatic rings. The third-order valence-electron chi connectivity index (χ3n) is 3.08. The lowest BCUT2D eigenvalue weighted by molar-refractivity contribution is -0.384. The number of anilines is 1. The van der Waals surface area contributed by atoms with E-state index in [-0.39, 0.29) is 22.4 Å². The molecular formula is C16H14ClN3O5S. The number of nitro benzene ring substituents is 1. The number of hydrogen-bond donors (Lipinski definition) is 2. The highest BCUT2D eigenvalue weighted by Crippen LogP contribution is 2.27. The molecule has 0 saturated carbocycles. The zero-order chi connectivity index (χ0) is 19.1. The van der Waals surface area contributed by atoms with Crippen LogP contribution in [0.25, 0.3) is 0 Å². The van der Waals surface area contributed by atoms with Crippen molar-refractivity contribution in [1.29, 1.82) is 0 Å². The molecule has 0 fully saturated rings. The Hall–Kier alpha value is -2.91. The van der Waals surface area contributed by atoms with Gasteiger partial charge in [0.05, 0.1) is 12.0 Å². The molecule has 136 valence electrons. The van der Waals surface area contributed by atoms with Crippen molar-refractivity contribution in [2.75, 3.05) is 19.0 Å². The predicted octanol–water partition coefficient (Wildman–Crippen LogP) is 3.15. The maximum absolute atomic E-state index is 11.9. The zero-order valence-corrected chi connectivity index (χ0v) is 15.1. The van der Waals surface area contributed by atoms with Gasteiger partial charge < -0.3 is 14.8 Å². The van der Waals surface area contributed by atoms with Crippen molar-refractivity contribution in [1.82, 2.24) is 5.32 Å². The second kappa shape index (κ2) is 8.97. The number of ether oxygens (including phenoxy) is 2. The Morgan fingerprint density at radius 3 is 2.50 bits per heavy atom. The number of carbonyl (C=O) groups excluding carboxylic acids is 1. The molecule has 0 spiro atoms. The lowest BCUT2D eigenvalue weighted by Gasteiger charge is -2.11. The molecule has 2 N–H and O–H groups in total. The molecule has 2 rings (SSSR count). The molecule has 0 saturated heterocycles. The summed E-state index contributed by atoms with van der Waals surface area (Å²) in [7, 11) is 1.55. The summed E-state index contributed by atoms with van der Waals surface area (Å²) in [5, 5.41) is 15.9. The summed E-state index contributed by atoms with van der Waals surface area (Å²) < 4.78 is 10.3. The van der Waals surface area contributed by atoms with E-state index >= 15 is 0 Å². The largest absolute Gasteiger partial charge is 0.497 e. The predicted molar refractivity (Wildman–Crippen MR) is 101 cm³/mol. The van der Waals surface area contributed by atoms with E-state index in [0.29, 0.717) is 17.2 Å². The van der Waals surface area contributed by atoms with Crippen molar-refractivity contribution in [3.63, 3.8) is 0 Å². The summed E-state index contributed by atoms with van der Waals surface area (Å²) >= 11 is 10.7. The van der Waals surface area contributed by atoms with Crippen molar-refractivity contribution in [2.45, 2.75) is 0 Å². The monoisotopic (exact) mass is 395 g/mol. The van der Waals surface area contributed by atoms with Gasteiger partial charge in [0.25, 0.3) is 11.6 Å². The first-order valence-electron chi connectivity index (χ1n) is 7.20.